The van der Waals surface area contributed by atoms with E-state index in [4.69, 9.17) is 15.2 Å². The number of benzene rings is 1. The van der Waals surface area contributed by atoms with Crippen molar-refractivity contribution in [2.75, 3.05) is 13.2 Å². The number of hydrogen-bond donors (Lipinski definition) is 1. The number of rotatable bonds is 2. The molecule has 1 aliphatic rings. The third-order valence-corrected chi connectivity index (χ3v) is 3.39. The Morgan fingerprint density at radius 1 is 1.05 bits per heavy atom. The highest BCUT2D eigenvalue weighted by atomic mass is 16.5. The minimum Gasteiger partial charge on any atom is -0.490 e. The standard InChI is InChI=1S/C16H18N2O2/c1-11-7-13(10-18-9-11)16(17)12-3-4-14-15(8-12)20-6-2-5-19-14/h3-4,7-10,16H,2,5-6,17H2,1H3. The largest absolute Gasteiger partial charge is 0.490 e. The third kappa shape index (κ3) is 2.60. The zero-order valence-electron chi connectivity index (χ0n) is 11.5. The molecule has 1 aromatic carbocycles. The Morgan fingerprint density at radius 2 is 1.85 bits per heavy atom. The lowest BCUT2D eigenvalue weighted by atomic mass is 10.00. The normalized spacial score (nSPS) is 15.5. The lowest BCUT2D eigenvalue weighted by Crippen LogP contribution is -2.12. The van der Waals surface area contributed by atoms with Crippen molar-refractivity contribution in [1.29, 1.82) is 0 Å². The maximum Gasteiger partial charge on any atom is 0.161 e. The van der Waals surface area contributed by atoms with E-state index in [1.54, 1.807) is 6.20 Å². The fourth-order valence-electron chi connectivity index (χ4n) is 2.31. The molecule has 2 aromatic rings. The molecule has 3 rings (SSSR count). The second-order valence-electron chi connectivity index (χ2n) is 5.03. The van der Waals surface area contributed by atoms with Crippen LogP contribution in [0.1, 0.15) is 29.2 Å². The molecular formula is C16H18N2O2. The van der Waals surface area contributed by atoms with Crippen LogP contribution in [0.4, 0.5) is 0 Å². The molecule has 104 valence electrons. The minimum absolute atomic E-state index is 0.209. The van der Waals surface area contributed by atoms with Gasteiger partial charge in [0.1, 0.15) is 0 Å². The first-order chi connectivity index (χ1) is 9.74. The second-order valence-corrected chi connectivity index (χ2v) is 5.03. The molecule has 1 aromatic heterocycles. The van der Waals surface area contributed by atoms with Crippen LogP contribution in [0.5, 0.6) is 11.5 Å². The van der Waals surface area contributed by atoms with Crippen molar-refractivity contribution >= 4 is 0 Å². The summed E-state index contributed by atoms with van der Waals surface area (Å²) < 4.78 is 11.3. The van der Waals surface area contributed by atoms with Gasteiger partial charge in [-0.3, -0.25) is 4.98 Å². The Balaban J connectivity index is 1.92. The molecule has 0 amide bonds. The molecule has 0 spiro atoms. The van der Waals surface area contributed by atoms with Gasteiger partial charge in [-0.2, -0.15) is 0 Å². The summed E-state index contributed by atoms with van der Waals surface area (Å²) in [5.74, 6) is 1.57. The van der Waals surface area contributed by atoms with Gasteiger partial charge in [0.15, 0.2) is 11.5 Å². The van der Waals surface area contributed by atoms with Gasteiger partial charge in [-0.1, -0.05) is 12.1 Å². The van der Waals surface area contributed by atoms with Gasteiger partial charge in [0.25, 0.3) is 0 Å². The Bertz CT molecular complexity index is 613. The highest BCUT2D eigenvalue weighted by Crippen LogP contribution is 2.33. The molecule has 2 heterocycles. The van der Waals surface area contributed by atoms with E-state index in [1.165, 1.54) is 0 Å². The topological polar surface area (TPSA) is 57.4 Å². The van der Waals surface area contributed by atoms with Gasteiger partial charge < -0.3 is 15.2 Å². The quantitative estimate of drug-likeness (QED) is 0.911. The SMILES string of the molecule is Cc1cncc(C(N)c2ccc3c(c2)OCCCO3)c1. The number of ether oxygens (including phenoxy) is 2. The highest BCUT2D eigenvalue weighted by molar-refractivity contribution is 5.46. The molecule has 2 N–H and O–H groups in total. The van der Waals surface area contributed by atoms with Crippen LogP contribution in [0.15, 0.2) is 36.7 Å². The van der Waals surface area contributed by atoms with Gasteiger partial charge in [-0.25, -0.2) is 0 Å². The molecule has 4 heteroatoms. The minimum atomic E-state index is -0.209. The molecule has 0 saturated heterocycles. The van der Waals surface area contributed by atoms with Crippen LogP contribution in [-0.4, -0.2) is 18.2 Å². The average molecular weight is 270 g/mol. The number of nitrogens with two attached hydrogens (primary N) is 1. The number of aromatic nitrogens is 1. The van der Waals surface area contributed by atoms with E-state index in [0.29, 0.717) is 13.2 Å². The number of hydrogen-bond acceptors (Lipinski definition) is 4. The van der Waals surface area contributed by atoms with Crippen LogP contribution < -0.4 is 15.2 Å². The smallest absolute Gasteiger partial charge is 0.161 e. The first kappa shape index (κ1) is 12.9. The molecule has 0 saturated carbocycles. The Morgan fingerprint density at radius 3 is 2.65 bits per heavy atom. The number of nitrogens with zero attached hydrogens (tertiary/aromatic N) is 1. The van der Waals surface area contributed by atoms with Crippen molar-refractivity contribution in [3.05, 3.63) is 53.3 Å². The summed E-state index contributed by atoms with van der Waals surface area (Å²) in [6.45, 7) is 3.38. The van der Waals surface area contributed by atoms with E-state index in [-0.39, 0.29) is 6.04 Å². The average Bonchev–Trinajstić information content (AvgIpc) is 2.71. The molecule has 1 aliphatic heterocycles. The van der Waals surface area contributed by atoms with Crippen LogP contribution in [0, 0.1) is 6.92 Å². The third-order valence-electron chi connectivity index (χ3n) is 3.39. The summed E-state index contributed by atoms with van der Waals surface area (Å²) in [5.41, 5.74) is 9.43. The Labute approximate surface area is 118 Å². The van der Waals surface area contributed by atoms with E-state index < -0.39 is 0 Å². The lowest BCUT2D eigenvalue weighted by molar-refractivity contribution is 0.297. The molecule has 4 nitrogen and oxygen atoms in total. The molecule has 0 radical (unpaired) electrons. The maximum atomic E-state index is 6.32. The summed E-state index contributed by atoms with van der Waals surface area (Å²) in [6, 6.07) is 7.73. The van der Waals surface area contributed by atoms with Crippen LogP contribution in [-0.2, 0) is 0 Å². The van der Waals surface area contributed by atoms with E-state index in [9.17, 15) is 0 Å². The zero-order chi connectivity index (χ0) is 13.9. The predicted octanol–water partition coefficient (Wildman–Crippen LogP) is 2.60. The maximum absolute atomic E-state index is 6.32. The molecule has 0 fully saturated rings. The van der Waals surface area contributed by atoms with E-state index in [1.807, 2.05) is 31.3 Å². The van der Waals surface area contributed by atoms with E-state index >= 15 is 0 Å². The van der Waals surface area contributed by atoms with Gasteiger partial charge in [-0.15, -0.1) is 0 Å². The van der Waals surface area contributed by atoms with E-state index in [0.717, 1.165) is 34.6 Å². The van der Waals surface area contributed by atoms with E-state index in [2.05, 4.69) is 11.1 Å². The van der Waals surface area contributed by atoms with Crippen molar-refractivity contribution in [2.24, 2.45) is 5.73 Å². The Hall–Kier alpha value is -2.07. The summed E-state index contributed by atoms with van der Waals surface area (Å²) >= 11 is 0. The summed E-state index contributed by atoms with van der Waals surface area (Å²) in [7, 11) is 0. The van der Waals surface area contributed by atoms with Gasteiger partial charge in [0.2, 0.25) is 0 Å². The van der Waals surface area contributed by atoms with Gasteiger partial charge in [-0.05, 0) is 35.7 Å². The summed E-state index contributed by atoms with van der Waals surface area (Å²) in [6.07, 6.45) is 4.53. The van der Waals surface area contributed by atoms with Crippen LogP contribution in [0.25, 0.3) is 0 Å². The summed E-state index contributed by atoms with van der Waals surface area (Å²) in [5, 5.41) is 0. The van der Waals surface area contributed by atoms with Crippen LogP contribution in [0.2, 0.25) is 0 Å². The number of fused-ring (bicyclic) bond motifs is 1. The highest BCUT2D eigenvalue weighted by Gasteiger charge is 2.15. The Kier molecular flexibility index (Phi) is 3.56. The molecule has 1 unspecified atom stereocenters. The van der Waals surface area contributed by atoms with Gasteiger partial charge >= 0.3 is 0 Å². The van der Waals surface area contributed by atoms with Crippen molar-refractivity contribution in [1.82, 2.24) is 4.98 Å². The van der Waals surface area contributed by atoms with Crippen molar-refractivity contribution in [3.8, 4) is 11.5 Å². The zero-order valence-corrected chi connectivity index (χ0v) is 11.5. The fraction of sp³-hybridized carbons (Fsp3) is 0.312. The van der Waals surface area contributed by atoms with Crippen LogP contribution in [0.3, 0.4) is 0 Å². The summed E-state index contributed by atoms with van der Waals surface area (Å²) in [4.78, 5) is 4.20. The molecule has 0 aliphatic carbocycles. The first-order valence-electron chi connectivity index (χ1n) is 6.81. The molecule has 20 heavy (non-hydrogen) atoms. The van der Waals surface area contributed by atoms with Crippen molar-refractivity contribution < 1.29 is 9.47 Å². The monoisotopic (exact) mass is 270 g/mol. The van der Waals surface area contributed by atoms with Gasteiger partial charge in [0, 0.05) is 18.8 Å². The second kappa shape index (κ2) is 5.51. The van der Waals surface area contributed by atoms with Crippen molar-refractivity contribution in [2.45, 2.75) is 19.4 Å². The molecular weight excluding hydrogens is 252 g/mol. The lowest BCUT2D eigenvalue weighted by Gasteiger charge is -2.15. The van der Waals surface area contributed by atoms with Crippen LogP contribution >= 0.6 is 0 Å². The number of aryl methyl sites for hydroxylation is 1. The molecule has 1 atom stereocenters. The van der Waals surface area contributed by atoms with Gasteiger partial charge in [0.05, 0.1) is 19.3 Å². The number of pyridine rings is 1. The first-order valence-corrected chi connectivity index (χ1v) is 6.81. The predicted molar refractivity (Wildman–Crippen MR) is 77.1 cm³/mol. The van der Waals surface area contributed by atoms with Crippen molar-refractivity contribution in [3.63, 3.8) is 0 Å². The fourth-order valence-corrected chi connectivity index (χ4v) is 2.31. The molecule has 0 bridgehead atoms.